The number of rotatable bonds is 4. The molecule has 5 nitrogen and oxygen atoms in total. The standard InChI is InChI=1S/C17H16F6N4O/c1-9(4-10-6-12(19)13(20)7-11(10)18)5-15(28)26-2-3-27-14(8-26)24-25-16(27)17(21,22)23/h6-7,9H,2-5,8H2,1H3. The van der Waals surface area contributed by atoms with Gasteiger partial charge in [0.05, 0.1) is 6.54 Å². The van der Waals surface area contributed by atoms with Crippen molar-refractivity contribution in [3.8, 4) is 0 Å². The molecule has 0 radical (unpaired) electrons. The average Bonchev–Trinajstić information content (AvgIpc) is 3.03. The second-order valence-electron chi connectivity index (χ2n) is 6.78. The lowest BCUT2D eigenvalue weighted by Gasteiger charge is -2.29. The van der Waals surface area contributed by atoms with E-state index in [4.69, 9.17) is 0 Å². The third kappa shape index (κ3) is 4.12. The zero-order valence-corrected chi connectivity index (χ0v) is 14.7. The van der Waals surface area contributed by atoms with Crippen LogP contribution in [0.2, 0.25) is 0 Å². The molecule has 2 heterocycles. The van der Waals surface area contributed by atoms with Crippen molar-refractivity contribution in [1.29, 1.82) is 0 Å². The third-order valence-electron chi connectivity index (χ3n) is 4.54. The fourth-order valence-electron chi connectivity index (χ4n) is 3.18. The molecular weight excluding hydrogens is 390 g/mol. The minimum Gasteiger partial charge on any atom is -0.333 e. The number of hydrogen-bond donors (Lipinski definition) is 0. The Morgan fingerprint density at radius 3 is 2.46 bits per heavy atom. The van der Waals surface area contributed by atoms with Crippen molar-refractivity contribution >= 4 is 5.91 Å². The maximum absolute atomic E-state index is 13.7. The van der Waals surface area contributed by atoms with Gasteiger partial charge in [-0.2, -0.15) is 13.2 Å². The number of aromatic nitrogens is 3. The van der Waals surface area contributed by atoms with Gasteiger partial charge in [0.25, 0.3) is 0 Å². The molecule has 1 atom stereocenters. The van der Waals surface area contributed by atoms with E-state index in [2.05, 4.69) is 10.2 Å². The van der Waals surface area contributed by atoms with Gasteiger partial charge in [-0.3, -0.25) is 4.79 Å². The first kappa shape index (κ1) is 20.2. The normalized spacial score (nSPS) is 15.5. The largest absolute Gasteiger partial charge is 0.451 e. The number of carbonyl (C=O) groups excluding carboxylic acids is 1. The average molecular weight is 406 g/mol. The Hall–Kier alpha value is -2.59. The summed E-state index contributed by atoms with van der Waals surface area (Å²) in [5, 5.41) is 6.65. The van der Waals surface area contributed by atoms with Crippen LogP contribution in [-0.2, 0) is 30.5 Å². The maximum atomic E-state index is 13.7. The van der Waals surface area contributed by atoms with E-state index in [-0.39, 0.29) is 49.8 Å². The second-order valence-corrected chi connectivity index (χ2v) is 6.78. The van der Waals surface area contributed by atoms with Gasteiger partial charge in [0.15, 0.2) is 17.5 Å². The van der Waals surface area contributed by atoms with Crippen molar-refractivity contribution in [2.24, 2.45) is 5.92 Å². The fourth-order valence-corrected chi connectivity index (χ4v) is 3.18. The van der Waals surface area contributed by atoms with E-state index in [1.165, 1.54) is 4.90 Å². The number of hydrogen-bond acceptors (Lipinski definition) is 3. The summed E-state index contributed by atoms with van der Waals surface area (Å²) in [6.07, 6.45) is -4.64. The SMILES string of the molecule is CC(CC(=O)N1CCn2c(nnc2C(F)(F)F)C1)Cc1cc(F)c(F)cc1F. The first-order valence-corrected chi connectivity index (χ1v) is 8.46. The van der Waals surface area contributed by atoms with Crippen LogP contribution in [0.4, 0.5) is 26.3 Å². The second kappa shape index (κ2) is 7.44. The van der Waals surface area contributed by atoms with E-state index in [1.807, 2.05) is 0 Å². The van der Waals surface area contributed by atoms with Crippen LogP contribution in [0.1, 0.15) is 30.6 Å². The molecule has 0 N–H and O–H groups in total. The van der Waals surface area contributed by atoms with Gasteiger partial charge in [0, 0.05) is 25.6 Å². The fraction of sp³-hybridized carbons (Fsp3) is 0.471. The molecule has 152 valence electrons. The Morgan fingerprint density at radius 2 is 1.79 bits per heavy atom. The van der Waals surface area contributed by atoms with Crippen LogP contribution >= 0.6 is 0 Å². The summed E-state index contributed by atoms with van der Waals surface area (Å²) in [6.45, 7) is 1.50. The monoisotopic (exact) mass is 406 g/mol. The molecule has 1 amide bonds. The van der Waals surface area contributed by atoms with Gasteiger partial charge < -0.3 is 9.47 Å². The van der Waals surface area contributed by atoms with E-state index in [0.717, 1.165) is 10.6 Å². The Kier molecular flexibility index (Phi) is 5.35. The minimum atomic E-state index is -4.62. The van der Waals surface area contributed by atoms with Crippen LogP contribution in [-0.4, -0.2) is 32.1 Å². The summed E-state index contributed by atoms with van der Waals surface area (Å²) in [6, 6.07) is 1.21. The number of alkyl halides is 3. The molecule has 28 heavy (non-hydrogen) atoms. The van der Waals surface area contributed by atoms with E-state index < -0.39 is 35.4 Å². The molecule has 1 aliphatic heterocycles. The lowest BCUT2D eigenvalue weighted by molar-refractivity contribution is -0.148. The maximum Gasteiger partial charge on any atom is 0.451 e. The van der Waals surface area contributed by atoms with Crippen LogP contribution < -0.4 is 0 Å². The molecule has 11 heteroatoms. The zero-order valence-electron chi connectivity index (χ0n) is 14.7. The Bertz CT molecular complexity index is 895. The number of halogens is 6. The van der Waals surface area contributed by atoms with E-state index in [1.54, 1.807) is 6.92 Å². The molecular formula is C17H16F6N4O. The van der Waals surface area contributed by atoms with Crippen LogP contribution in [0.3, 0.4) is 0 Å². The summed E-state index contributed by atoms with van der Waals surface area (Å²) in [4.78, 5) is 13.8. The van der Waals surface area contributed by atoms with Gasteiger partial charge in [0.2, 0.25) is 11.7 Å². The van der Waals surface area contributed by atoms with E-state index >= 15 is 0 Å². The van der Waals surface area contributed by atoms with Crippen LogP contribution in [0.25, 0.3) is 0 Å². The molecule has 0 aliphatic carbocycles. The van der Waals surface area contributed by atoms with Gasteiger partial charge >= 0.3 is 6.18 Å². The highest BCUT2D eigenvalue weighted by Crippen LogP contribution is 2.29. The van der Waals surface area contributed by atoms with Crippen molar-refractivity contribution in [2.45, 2.75) is 39.0 Å². The summed E-state index contributed by atoms with van der Waals surface area (Å²) >= 11 is 0. The van der Waals surface area contributed by atoms with Gasteiger partial charge in [-0.1, -0.05) is 6.92 Å². The van der Waals surface area contributed by atoms with Crippen LogP contribution in [0.15, 0.2) is 12.1 Å². The lowest BCUT2D eigenvalue weighted by atomic mass is 9.96. The molecule has 0 saturated heterocycles. The van der Waals surface area contributed by atoms with Gasteiger partial charge in [-0.15, -0.1) is 10.2 Å². The smallest absolute Gasteiger partial charge is 0.333 e. The van der Waals surface area contributed by atoms with E-state index in [9.17, 15) is 31.1 Å². The van der Waals surface area contributed by atoms with Gasteiger partial charge in [-0.25, -0.2) is 13.2 Å². The first-order valence-electron chi connectivity index (χ1n) is 8.46. The predicted octanol–water partition coefficient (Wildman–Crippen LogP) is 3.33. The van der Waals surface area contributed by atoms with Crippen molar-refractivity contribution in [2.75, 3.05) is 6.54 Å². The lowest BCUT2D eigenvalue weighted by Crippen LogP contribution is -2.40. The van der Waals surface area contributed by atoms with Crippen molar-refractivity contribution in [1.82, 2.24) is 19.7 Å². The number of nitrogens with zero attached hydrogens (tertiary/aromatic N) is 4. The predicted molar refractivity (Wildman–Crippen MR) is 84.2 cm³/mol. The van der Waals surface area contributed by atoms with Crippen molar-refractivity contribution in [3.63, 3.8) is 0 Å². The highest BCUT2D eigenvalue weighted by Gasteiger charge is 2.39. The summed E-state index contributed by atoms with van der Waals surface area (Å²) in [5.41, 5.74) is -0.0487. The first-order chi connectivity index (χ1) is 13.1. The van der Waals surface area contributed by atoms with Crippen molar-refractivity contribution in [3.05, 3.63) is 46.8 Å². The molecule has 0 spiro atoms. The molecule has 1 aromatic heterocycles. The molecule has 0 bridgehead atoms. The van der Waals surface area contributed by atoms with E-state index in [0.29, 0.717) is 6.07 Å². The third-order valence-corrected chi connectivity index (χ3v) is 4.54. The molecule has 3 rings (SSSR count). The topological polar surface area (TPSA) is 51.0 Å². The minimum absolute atomic E-state index is 0.0109. The highest BCUT2D eigenvalue weighted by molar-refractivity contribution is 5.76. The number of carbonyl (C=O) groups is 1. The quantitative estimate of drug-likeness (QED) is 0.578. The Labute approximate surface area is 156 Å². The summed E-state index contributed by atoms with van der Waals surface area (Å²) < 4.78 is 79.5. The highest BCUT2D eigenvalue weighted by atomic mass is 19.4. The molecule has 2 aromatic rings. The molecule has 1 aromatic carbocycles. The molecule has 0 saturated carbocycles. The summed E-state index contributed by atoms with van der Waals surface area (Å²) in [5.74, 6) is -5.17. The Balaban J connectivity index is 1.63. The van der Waals surface area contributed by atoms with Crippen LogP contribution in [0.5, 0.6) is 0 Å². The zero-order chi connectivity index (χ0) is 20.6. The number of fused-ring (bicyclic) bond motifs is 1. The van der Waals surface area contributed by atoms with Crippen molar-refractivity contribution < 1.29 is 31.1 Å². The van der Waals surface area contributed by atoms with Gasteiger partial charge in [0.1, 0.15) is 5.82 Å². The number of amides is 1. The van der Waals surface area contributed by atoms with Crippen LogP contribution in [0, 0.1) is 23.4 Å². The molecule has 1 aliphatic rings. The molecule has 0 fully saturated rings. The molecule has 1 unspecified atom stereocenters. The summed E-state index contributed by atoms with van der Waals surface area (Å²) in [7, 11) is 0. The van der Waals surface area contributed by atoms with Gasteiger partial charge in [-0.05, 0) is 24.0 Å². The Morgan fingerprint density at radius 1 is 1.11 bits per heavy atom. The number of benzene rings is 1.